The lowest BCUT2D eigenvalue weighted by atomic mass is 10.2. The maximum absolute atomic E-state index is 11.2. The van der Waals surface area contributed by atoms with Crippen LogP contribution in [0.25, 0.3) is 0 Å². The average molecular weight is 508 g/mol. The number of methoxy groups -OCH3 is 1. The van der Waals surface area contributed by atoms with E-state index in [-0.39, 0.29) is 5.97 Å². The van der Waals surface area contributed by atoms with Crippen LogP contribution in [-0.2, 0) is 4.74 Å². The van der Waals surface area contributed by atoms with Crippen molar-refractivity contribution in [3.63, 3.8) is 0 Å². The summed E-state index contributed by atoms with van der Waals surface area (Å²) in [5.74, 6) is 0.988. The lowest BCUT2D eigenvalue weighted by molar-refractivity contribution is 0.0600. The zero-order valence-corrected chi connectivity index (χ0v) is 21.4. The standard InChI is InChI=1S/C18H15P.C10H12ClNO2S/c1-4-10-16(11-5-1)19(17-12-6-2-7-13-17)18-14-8-3-9-15-18;1-14-10(13)7-2-3-9(8(12)6-7)15-5-4-11/h1-15H;2-3,6H,4-5,12H2,1H3. The van der Waals surface area contributed by atoms with Crippen LogP contribution < -0.4 is 21.6 Å². The number of benzene rings is 4. The molecule has 3 nitrogen and oxygen atoms in total. The Hall–Kier alpha value is -2.78. The average Bonchev–Trinajstić information content (AvgIpc) is 2.90. The zero-order valence-electron chi connectivity index (χ0n) is 18.9. The number of halogens is 1. The largest absolute Gasteiger partial charge is 0.465 e. The summed E-state index contributed by atoms with van der Waals surface area (Å²) in [5, 5.41) is 4.19. The Morgan fingerprint density at radius 1 is 0.824 bits per heavy atom. The number of nitrogen functional groups attached to an aromatic ring is 1. The summed E-state index contributed by atoms with van der Waals surface area (Å²) < 4.78 is 4.59. The second kappa shape index (κ2) is 13.8. The summed E-state index contributed by atoms with van der Waals surface area (Å²) in [4.78, 5) is 12.1. The van der Waals surface area contributed by atoms with Gasteiger partial charge in [-0.05, 0) is 42.0 Å². The van der Waals surface area contributed by atoms with Gasteiger partial charge in [0, 0.05) is 22.2 Å². The number of carbonyl (C=O) groups is 1. The van der Waals surface area contributed by atoms with E-state index in [1.165, 1.54) is 23.0 Å². The Bertz CT molecular complexity index is 1070. The molecule has 0 amide bonds. The second-order valence-corrected chi connectivity index (χ2v) is 10.9. The maximum Gasteiger partial charge on any atom is 0.337 e. The number of carbonyl (C=O) groups excluding carboxylic acids is 1. The number of rotatable bonds is 7. The number of hydrogen-bond donors (Lipinski definition) is 1. The summed E-state index contributed by atoms with van der Waals surface area (Å²) >= 11 is 7.14. The van der Waals surface area contributed by atoms with Crippen LogP contribution in [0.2, 0.25) is 0 Å². The van der Waals surface area contributed by atoms with Gasteiger partial charge in [-0.25, -0.2) is 4.79 Å². The molecule has 0 spiro atoms. The fourth-order valence-electron chi connectivity index (χ4n) is 3.25. The highest BCUT2D eigenvalue weighted by Crippen LogP contribution is 2.32. The number of esters is 1. The third-order valence-corrected chi connectivity index (χ3v) is 8.76. The van der Waals surface area contributed by atoms with Crippen LogP contribution in [0.5, 0.6) is 0 Å². The van der Waals surface area contributed by atoms with Crippen LogP contribution in [0.1, 0.15) is 10.4 Å². The van der Waals surface area contributed by atoms with Crippen LogP contribution in [-0.4, -0.2) is 24.7 Å². The summed E-state index contributed by atoms with van der Waals surface area (Å²) in [5.41, 5.74) is 6.82. The predicted octanol–water partition coefficient (Wildman–Crippen LogP) is 5.83. The predicted molar refractivity (Wildman–Crippen MR) is 149 cm³/mol. The molecular weight excluding hydrogens is 481 g/mol. The van der Waals surface area contributed by atoms with Crippen molar-refractivity contribution in [2.75, 3.05) is 24.5 Å². The van der Waals surface area contributed by atoms with Crippen molar-refractivity contribution in [1.29, 1.82) is 0 Å². The topological polar surface area (TPSA) is 52.3 Å². The molecule has 0 heterocycles. The van der Waals surface area contributed by atoms with Crippen LogP contribution >= 0.6 is 31.3 Å². The van der Waals surface area contributed by atoms with E-state index in [1.54, 1.807) is 30.0 Å². The minimum atomic E-state index is -0.446. The fourth-order valence-corrected chi connectivity index (χ4v) is 6.48. The van der Waals surface area contributed by atoms with Crippen molar-refractivity contribution in [2.24, 2.45) is 0 Å². The van der Waals surface area contributed by atoms with Gasteiger partial charge in [0.25, 0.3) is 0 Å². The maximum atomic E-state index is 11.2. The number of thioether (sulfide) groups is 1. The van der Waals surface area contributed by atoms with Crippen molar-refractivity contribution >= 4 is 58.9 Å². The van der Waals surface area contributed by atoms with E-state index in [9.17, 15) is 4.79 Å². The highest BCUT2D eigenvalue weighted by Gasteiger charge is 2.15. The quantitative estimate of drug-likeness (QED) is 0.112. The Balaban J connectivity index is 0.000000197. The molecule has 0 saturated heterocycles. The van der Waals surface area contributed by atoms with Crippen molar-refractivity contribution in [3.05, 3.63) is 115 Å². The van der Waals surface area contributed by atoms with E-state index < -0.39 is 7.92 Å². The van der Waals surface area contributed by atoms with Crippen molar-refractivity contribution in [3.8, 4) is 0 Å². The lowest BCUT2D eigenvalue weighted by Crippen LogP contribution is -2.20. The molecule has 0 unspecified atom stereocenters. The van der Waals surface area contributed by atoms with E-state index >= 15 is 0 Å². The number of anilines is 1. The van der Waals surface area contributed by atoms with Crippen molar-refractivity contribution in [2.45, 2.75) is 4.90 Å². The summed E-state index contributed by atoms with van der Waals surface area (Å²) in [6.07, 6.45) is 0. The minimum absolute atomic E-state index is 0.379. The number of hydrogen-bond acceptors (Lipinski definition) is 4. The van der Waals surface area contributed by atoms with Gasteiger partial charge in [-0.2, -0.15) is 0 Å². The van der Waals surface area contributed by atoms with Crippen LogP contribution in [0.15, 0.2) is 114 Å². The highest BCUT2D eigenvalue weighted by molar-refractivity contribution is 7.99. The van der Waals surface area contributed by atoms with Crippen molar-refractivity contribution in [1.82, 2.24) is 0 Å². The van der Waals surface area contributed by atoms with Crippen LogP contribution in [0.4, 0.5) is 5.69 Å². The monoisotopic (exact) mass is 507 g/mol. The van der Waals surface area contributed by atoms with Gasteiger partial charge in [-0.1, -0.05) is 91.0 Å². The first kappa shape index (κ1) is 25.8. The smallest absolute Gasteiger partial charge is 0.337 e. The molecule has 0 aliphatic carbocycles. The molecule has 4 rings (SSSR count). The third kappa shape index (κ3) is 7.36. The van der Waals surface area contributed by atoms with E-state index in [2.05, 4.69) is 95.7 Å². The van der Waals surface area contributed by atoms with Gasteiger partial charge >= 0.3 is 5.97 Å². The van der Waals surface area contributed by atoms with E-state index in [0.717, 1.165) is 10.6 Å². The van der Waals surface area contributed by atoms with Gasteiger partial charge < -0.3 is 10.5 Å². The van der Waals surface area contributed by atoms with E-state index in [1.807, 2.05) is 0 Å². The van der Waals surface area contributed by atoms with E-state index in [0.29, 0.717) is 17.1 Å². The van der Waals surface area contributed by atoms with Gasteiger partial charge in [0.05, 0.1) is 12.7 Å². The lowest BCUT2D eigenvalue weighted by Gasteiger charge is -2.18. The molecule has 0 aliphatic heterocycles. The first-order chi connectivity index (χ1) is 16.6. The Labute approximate surface area is 212 Å². The fraction of sp³-hybridized carbons (Fsp3) is 0.107. The number of nitrogens with two attached hydrogens (primary N) is 1. The molecule has 4 aromatic rings. The molecule has 0 fully saturated rings. The normalized spacial score (nSPS) is 10.3. The molecule has 0 aromatic heterocycles. The number of ether oxygens (including phenoxy) is 1. The first-order valence-electron chi connectivity index (χ1n) is 10.8. The highest BCUT2D eigenvalue weighted by atomic mass is 35.5. The number of alkyl halides is 1. The first-order valence-corrected chi connectivity index (χ1v) is 13.6. The molecule has 6 heteroatoms. The summed E-state index contributed by atoms with van der Waals surface area (Å²) in [6, 6.07) is 37.4. The molecule has 4 aromatic carbocycles. The SMILES string of the molecule is COC(=O)c1ccc(SCCCl)c(N)c1.c1ccc(P(c2ccccc2)c2ccccc2)cc1. The zero-order chi connectivity index (χ0) is 24.2. The molecule has 174 valence electrons. The van der Waals surface area contributed by atoms with Crippen LogP contribution in [0.3, 0.4) is 0 Å². The van der Waals surface area contributed by atoms with Gasteiger partial charge in [-0.3, -0.25) is 0 Å². The molecular formula is C28H27ClNO2PS. The second-order valence-electron chi connectivity index (χ2n) is 7.12. The summed E-state index contributed by atoms with van der Waals surface area (Å²) in [6.45, 7) is 0. The third-order valence-electron chi connectivity index (χ3n) is 4.81. The molecule has 0 atom stereocenters. The molecule has 34 heavy (non-hydrogen) atoms. The Morgan fingerprint density at radius 2 is 1.29 bits per heavy atom. The Kier molecular flexibility index (Phi) is 10.5. The summed E-state index contributed by atoms with van der Waals surface area (Å²) in [7, 11) is 0.896. The van der Waals surface area contributed by atoms with Crippen molar-refractivity contribution < 1.29 is 9.53 Å². The van der Waals surface area contributed by atoms with E-state index in [4.69, 9.17) is 17.3 Å². The molecule has 2 N–H and O–H groups in total. The molecule has 0 bridgehead atoms. The molecule has 0 aliphatic rings. The van der Waals surface area contributed by atoms with Gasteiger partial charge in [-0.15, -0.1) is 23.4 Å². The minimum Gasteiger partial charge on any atom is -0.465 e. The van der Waals surface area contributed by atoms with Gasteiger partial charge in [0.15, 0.2) is 0 Å². The Morgan fingerprint density at radius 3 is 1.68 bits per heavy atom. The van der Waals surface area contributed by atoms with Gasteiger partial charge in [0.1, 0.15) is 0 Å². The van der Waals surface area contributed by atoms with Gasteiger partial charge in [0.2, 0.25) is 0 Å². The molecule has 0 saturated carbocycles. The van der Waals surface area contributed by atoms with Crippen LogP contribution in [0, 0.1) is 0 Å². The molecule has 0 radical (unpaired) electrons.